The molecule has 0 aromatic carbocycles. The van der Waals surface area contributed by atoms with Gasteiger partial charge in [0.25, 0.3) is 0 Å². The highest BCUT2D eigenvalue weighted by Crippen LogP contribution is 2.28. The van der Waals surface area contributed by atoms with Crippen LogP contribution in [-0.2, 0) is 32.3 Å². The van der Waals surface area contributed by atoms with E-state index in [4.69, 9.17) is 14.3 Å². The van der Waals surface area contributed by atoms with Crippen LogP contribution in [0.5, 0.6) is 0 Å². The van der Waals surface area contributed by atoms with Crippen molar-refractivity contribution in [1.29, 1.82) is 0 Å². The van der Waals surface area contributed by atoms with Crippen LogP contribution in [0.1, 0.15) is 37.1 Å². The van der Waals surface area contributed by atoms with Crippen molar-refractivity contribution in [3.05, 3.63) is 16.1 Å². The standard InChI is InChI=1S/C14H20N2O4S/c1-9(2)11-5-14(3,20-16-11)13(17)19-7-10-6-15-12(21-10)8-18-4/h6,9H,5,7-8H2,1-4H3. The van der Waals surface area contributed by atoms with E-state index < -0.39 is 11.6 Å². The second-order valence-electron chi connectivity index (χ2n) is 5.47. The molecule has 2 heterocycles. The summed E-state index contributed by atoms with van der Waals surface area (Å²) in [6.07, 6.45) is 2.17. The Morgan fingerprint density at radius 2 is 2.29 bits per heavy atom. The Labute approximate surface area is 128 Å². The zero-order chi connectivity index (χ0) is 15.5. The SMILES string of the molecule is COCc1ncc(COC(=O)C2(C)CC(C(C)C)=NO2)s1. The molecule has 1 aliphatic rings. The Bertz CT molecular complexity index is 541. The third-order valence-corrected chi connectivity index (χ3v) is 4.14. The van der Waals surface area contributed by atoms with Crippen molar-refractivity contribution in [2.75, 3.05) is 7.11 Å². The fraction of sp³-hybridized carbons (Fsp3) is 0.643. The first kappa shape index (κ1) is 15.9. The van der Waals surface area contributed by atoms with Gasteiger partial charge >= 0.3 is 5.97 Å². The fourth-order valence-corrected chi connectivity index (χ4v) is 2.69. The summed E-state index contributed by atoms with van der Waals surface area (Å²) in [6.45, 7) is 6.40. The fourth-order valence-electron chi connectivity index (χ4n) is 1.88. The molecule has 2 rings (SSSR count). The largest absolute Gasteiger partial charge is 0.457 e. The van der Waals surface area contributed by atoms with Crippen LogP contribution in [0.25, 0.3) is 0 Å². The second-order valence-corrected chi connectivity index (χ2v) is 6.67. The van der Waals surface area contributed by atoms with Crippen LogP contribution in [-0.4, -0.2) is 29.4 Å². The van der Waals surface area contributed by atoms with Crippen molar-refractivity contribution in [2.45, 2.75) is 46.0 Å². The first-order chi connectivity index (χ1) is 9.94. The molecule has 1 aromatic rings. The van der Waals surface area contributed by atoms with E-state index in [0.29, 0.717) is 13.0 Å². The highest BCUT2D eigenvalue weighted by Gasteiger charge is 2.44. The van der Waals surface area contributed by atoms with Crippen molar-refractivity contribution >= 4 is 23.0 Å². The highest BCUT2D eigenvalue weighted by atomic mass is 32.1. The molecule has 1 aliphatic heterocycles. The van der Waals surface area contributed by atoms with E-state index in [2.05, 4.69) is 10.1 Å². The number of carbonyl (C=O) groups excluding carboxylic acids is 1. The summed E-state index contributed by atoms with van der Waals surface area (Å²) in [5.41, 5.74) is -0.130. The molecule has 0 aliphatic carbocycles. The average molecular weight is 312 g/mol. The Hall–Kier alpha value is -1.47. The lowest BCUT2D eigenvalue weighted by Gasteiger charge is -2.19. The van der Waals surface area contributed by atoms with E-state index in [1.165, 1.54) is 11.3 Å². The van der Waals surface area contributed by atoms with Crippen LogP contribution >= 0.6 is 11.3 Å². The number of hydrogen-bond donors (Lipinski definition) is 0. The Morgan fingerprint density at radius 3 is 2.90 bits per heavy atom. The number of ether oxygens (including phenoxy) is 2. The molecule has 7 heteroatoms. The molecule has 0 fully saturated rings. The van der Waals surface area contributed by atoms with E-state index in [1.807, 2.05) is 13.8 Å². The third-order valence-electron chi connectivity index (χ3n) is 3.20. The van der Waals surface area contributed by atoms with Crippen molar-refractivity contribution in [3.63, 3.8) is 0 Å². The minimum atomic E-state index is -1.01. The second kappa shape index (κ2) is 6.53. The summed E-state index contributed by atoms with van der Waals surface area (Å²) >= 11 is 1.46. The zero-order valence-corrected chi connectivity index (χ0v) is 13.5. The Balaban J connectivity index is 1.87. The molecule has 0 spiro atoms. The molecule has 6 nitrogen and oxygen atoms in total. The van der Waals surface area contributed by atoms with Crippen LogP contribution < -0.4 is 0 Å². The minimum Gasteiger partial charge on any atom is -0.457 e. The maximum absolute atomic E-state index is 12.2. The molecule has 116 valence electrons. The number of nitrogens with zero attached hydrogens (tertiary/aromatic N) is 2. The van der Waals surface area contributed by atoms with Gasteiger partial charge in [0.15, 0.2) is 0 Å². The van der Waals surface area contributed by atoms with E-state index in [-0.39, 0.29) is 12.5 Å². The molecular weight excluding hydrogens is 292 g/mol. The molecule has 0 saturated heterocycles. The number of thiazole rings is 1. The summed E-state index contributed by atoms with van der Waals surface area (Å²) in [6, 6.07) is 0. The smallest absolute Gasteiger partial charge is 0.353 e. The van der Waals surface area contributed by atoms with Crippen LogP contribution in [0.2, 0.25) is 0 Å². The molecule has 1 atom stereocenters. The number of esters is 1. The molecule has 0 N–H and O–H groups in total. The highest BCUT2D eigenvalue weighted by molar-refractivity contribution is 7.11. The summed E-state index contributed by atoms with van der Waals surface area (Å²) in [7, 11) is 1.62. The first-order valence-electron chi connectivity index (χ1n) is 6.79. The molecular formula is C14H20N2O4S. The van der Waals surface area contributed by atoms with Gasteiger partial charge in [-0.2, -0.15) is 0 Å². The van der Waals surface area contributed by atoms with E-state index in [1.54, 1.807) is 20.2 Å². The van der Waals surface area contributed by atoms with Crippen LogP contribution in [0.15, 0.2) is 11.4 Å². The van der Waals surface area contributed by atoms with Crippen LogP contribution in [0.3, 0.4) is 0 Å². The Kier molecular flexibility index (Phi) is 4.95. The van der Waals surface area contributed by atoms with Crippen LogP contribution in [0, 0.1) is 5.92 Å². The van der Waals surface area contributed by atoms with Gasteiger partial charge in [-0.1, -0.05) is 19.0 Å². The van der Waals surface area contributed by atoms with Crippen molar-refractivity contribution in [2.24, 2.45) is 11.1 Å². The topological polar surface area (TPSA) is 70.0 Å². The van der Waals surface area contributed by atoms with Gasteiger partial charge < -0.3 is 14.3 Å². The summed E-state index contributed by atoms with van der Waals surface area (Å²) in [5, 5.41) is 4.84. The van der Waals surface area contributed by atoms with E-state index in [9.17, 15) is 4.79 Å². The van der Waals surface area contributed by atoms with Gasteiger partial charge in [-0.3, -0.25) is 0 Å². The maximum Gasteiger partial charge on any atom is 0.353 e. The summed E-state index contributed by atoms with van der Waals surface area (Å²) in [4.78, 5) is 22.5. The summed E-state index contributed by atoms with van der Waals surface area (Å²) in [5.74, 6) is -0.138. The number of carbonyl (C=O) groups is 1. The quantitative estimate of drug-likeness (QED) is 0.755. The van der Waals surface area contributed by atoms with Gasteiger partial charge in [-0.05, 0) is 12.8 Å². The predicted octanol–water partition coefficient (Wildman–Crippen LogP) is 2.52. The zero-order valence-electron chi connectivity index (χ0n) is 12.7. The van der Waals surface area contributed by atoms with Crippen LogP contribution in [0.4, 0.5) is 0 Å². The third kappa shape index (κ3) is 3.79. The number of hydrogen-bond acceptors (Lipinski definition) is 7. The first-order valence-corrected chi connectivity index (χ1v) is 7.61. The molecule has 0 amide bonds. The molecule has 0 saturated carbocycles. The van der Waals surface area contributed by atoms with Gasteiger partial charge in [0, 0.05) is 19.7 Å². The van der Waals surface area contributed by atoms with Gasteiger partial charge in [0.2, 0.25) is 5.60 Å². The monoisotopic (exact) mass is 312 g/mol. The lowest BCUT2D eigenvalue weighted by Crippen LogP contribution is -2.37. The van der Waals surface area contributed by atoms with Crippen molar-refractivity contribution < 1.29 is 19.1 Å². The maximum atomic E-state index is 12.2. The number of aromatic nitrogens is 1. The van der Waals surface area contributed by atoms with Gasteiger partial charge in [-0.15, -0.1) is 11.3 Å². The molecule has 21 heavy (non-hydrogen) atoms. The normalized spacial score (nSPS) is 21.3. The predicted molar refractivity (Wildman–Crippen MR) is 79.0 cm³/mol. The van der Waals surface area contributed by atoms with Gasteiger partial charge in [0.1, 0.15) is 11.6 Å². The van der Waals surface area contributed by atoms with E-state index >= 15 is 0 Å². The average Bonchev–Trinajstić information content (AvgIpc) is 3.04. The minimum absolute atomic E-state index is 0.191. The molecule has 1 aromatic heterocycles. The Morgan fingerprint density at radius 1 is 1.52 bits per heavy atom. The van der Waals surface area contributed by atoms with Gasteiger partial charge in [-0.25, -0.2) is 9.78 Å². The molecule has 0 bridgehead atoms. The number of methoxy groups -OCH3 is 1. The number of rotatable bonds is 6. The lowest BCUT2D eigenvalue weighted by molar-refractivity contribution is -0.168. The van der Waals surface area contributed by atoms with Gasteiger partial charge in [0.05, 0.1) is 17.2 Å². The molecule has 0 radical (unpaired) electrons. The molecule has 1 unspecified atom stereocenters. The lowest BCUT2D eigenvalue weighted by atomic mass is 9.94. The number of oxime groups is 1. The van der Waals surface area contributed by atoms with Crippen molar-refractivity contribution in [3.8, 4) is 0 Å². The summed E-state index contributed by atoms with van der Waals surface area (Å²) < 4.78 is 10.3. The van der Waals surface area contributed by atoms with Crippen molar-refractivity contribution in [1.82, 2.24) is 4.98 Å². The van der Waals surface area contributed by atoms with E-state index in [0.717, 1.165) is 15.6 Å².